The number of esters is 1. The van der Waals surface area contributed by atoms with Crippen molar-refractivity contribution in [3.05, 3.63) is 66.2 Å². The molecule has 0 aliphatic carbocycles. The maximum Gasteiger partial charge on any atom is 0.318 e. The second-order valence-electron chi connectivity index (χ2n) is 8.02. The van der Waals surface area contributed by atoms with E-state index in [4.69, 9.17) is 4.74 Å². The first-order chi connectivity index (χ1) is 14.3. The van der Waals surface area contributed by atoms with Gasteiger partial charge in [0.2, 0.25) is 0 Å². The number of para-hydroxylation sites is 1. The molecule has 0 heterocycles. The van der Waals surface area contributed by atoms with Gasteiger partial charge < -0.3 is 4.74 Å². The lowest BCUT2D eigenvalue weighted by molar-refractivity contribution is -0.136. The topological polar surface area (TPSA) is 26.3 Å². The molecule has 0 amide bonds. The minimum absolute atomic E-state index is 0.144. The van der Waals surface area contributed by atoms with E-state index in [0.29, 0.717) is 5.75 Å². The summed E-state index contributed by atoms with van der Waals surface area (Å²) < 4.78 is 5.64. The summed E-state index contributed by atoms with van der Waals surface area (Å²) in [7, 11) is 0. The number of rotatable bonds is 15. The lowest BCUT2D eigenvalue weighted by atomic mass is 9.93. The summed E-state index contributed by atoms with van der Waals surface area (Å²) in [4.78, 5) is 12.8. The zero-order valence-corrected chi connectivity index (χ0v) is 18.2. The summed E-state index contributed by atoms with van der Waals surface area (Å²) in [6.45, 7) is 2.27. The Morgan fingerprint density at radius 2 is 1.17 bits per heavy atom. The largest absolute Gasteiger partial charge is 0.426 e. The normalized spacial score (nSPS) is 11.9. The molecule has 2 nitrogen and oxygen atoms in total. The van der Waals surface area contributed by atoms with E-state index in [-0.39, 0.29) is 11.9 Å². The third kappa shape index (κ3) is 9.78. The molecule has 2 rings (SSSR count). The highest BCUT2D eigenvalue weighted by Gasteiger charge is 2.22. The van der Waals surface area contributed by atoms with Crippen LogP contribution in [-0.2, 0) is 4.79 Å². The van der Waals surface area contributed by atoms with Gasteiger partial charge in [0.15, 0.2) is 0 Å². The van der Waals surface area contributed by atoms with E-state index in [1.807, 2.05) is 60.7 Å². The van der Waals surface area contributed by atoms with Crippen molar-refractivity contribution in [2.45, 2.75) is 89.9 Å². The van der Waals surface area contributed by atoms with Gasteiger partial charge in [-0.1, -0.05) is 126 Å². The Morgan fingerprint density at radius 3 is 1.72 bits per heavy atom. The van der Waals surface area contributed by atoms with E-state index in [1.54, 1.807) is 0 Å². The molecule has 0 N–H and O–H groups in total. The van der Waals surface area contributed by atoms with Crippen LogP contribution in [-0.4, -0.2) is 5.97 Å². The molecule has 2 heteroatoms. The van der Waals surface area contributed by atoms with E-state index in [2.05, 4.69) is 6.92 Å². The summed E-state index contributed by atoms with van der Waals surface area (Å²) in [6, 6.07) is 19.4. The van der Waals surface area contributed by atoms with E-state index >= 15 is 0 Å². The van der Waals surface area contributed by atoms with Gasteiger partial charge in [-0.05, 0) is 24.1 Å². The molecule has 0 radical (unpaired) electrons. The minimum atomic E-state index is -0.185. The van der Waals surface area contributed by atoms with Crippen molar-refractivity contribution in [2.75, 3.05) is 0 Å². The Balaban J connectivity index is 1.70. The van der Waals surface area contributed by atoms with Gasteiger partial charge in [-0.2, -0.15) is 0 Å². The van der Waals surface area contributed by atoms with E-state index < -0.39 is 0 Å². The van der Waals surface area contributed by atoms with Crippen LogP contribution in [0, 0.1) is 0 Å². The molecule has 29 heavy (non-hydrogen) atoms. The van der Waals surface area contributed by atoms with Crippen LogP contribution < -0.4 is 4.74 Å². The average molecular weight is 395 g/mol. The van der Waals surface area contributed by atoms with Gasteiger partial charge in [0.05, 0.1) is 5.92 Å². The lowest BCUT2D eigenvalue weighted by Crippen LogP contribution is -2.19. The van der Waals surface area contributed by atoms with Crippen molar-refractivity contribution in [3.63, 3.8) is 0 Å². The molecule has 0 saturated carbocycles. The molecule has 158 valence electrons. The number of unbranched alkanes of at least 4 members (excludes halogenated alkanes) is 10. The van der Waals surface area contributed by atoms with Crippen molar-refractivity contribution >= 4 is 5.97 Å². The molecule has 0 spiro atoms. The summed E-state index contributed by atoms with van der Waals surface area (Å²) in [6.07, 6.45) is 15.3. The zero-order valence-electron chi connectivity index (χ0n) is 18.2. The van der Waals surface area contributed by atoms with Crippen LogP contribution in [0.4, 0.5) is 0 Å². The molecular formula is C27H38O2. The number of hydrogen-bond donors (Lipinski definition) is 0. The summed E-state index contributed by atoms with van der Waals surface area (Å²) in [5, 5.41) is 0. The third-order valence-corrected chi connectivity index (χ3v) is 5.54. The van der Waals surface area contributed by atoms with Crippen LogP contribution in [0.15, 0.2) is 60.7 Å². The molecule has 2 aromatic carbocycles. The molecule has 0 aliphatic heterocycles. The Morgan fingerprint density at radius 1 is 0.690 bits per heavy atom. The number of hydrogen-bond acceptors (Lipinski definition) is 2. The SMILES string of the molecule is CCCCCCCCCCCCCC(C(=O)Oc1ccccc1)c1ccccc1. The number of benzene rings is 2. The Kier molecular flexibility index (Phi) is 11.9. The van der Waals surface area contributed by atoms with Gasteiger partial charge in [-0.15, -0.1) is 0 Å². The van der Waals surface area contributed by atoms with Crippen LogP contribution >= 0.6 is 0 Å². The monoisotopic (exact) mass is 394 g/mol. The number of carbonyl (C=O) groups is 1. The maximum atomic E-state index is 12.8. The smallest absolute Gasteiger partial charge is 0.318 e. The highest BCUT2D eigenvalue weighted by atomic mass is 16.5. The molecule has 0 aliphatic rings. The van der Waals surface area contributed by atoms with Gasteiger partial charge in [-0.25, -0.2) is 0 Å². The van der Waals surface area contributed by atoms with E-state index in [1.165, 1.54) is 64.2 Å². The molecule has 1 atom stereocenters. The highest BCUT2D eigenvalue weighted by Crippen LogP contribution is 2.25. The minimum Gasteiger partial charge on any atom is -0.426 e. The molecule has 2 aromatic rings. The maximum absolute atomic E-state index is 12.8. The van der Waals surface area contributed by atoms with Crippen LogP contribution in [0.3, 0.4) is 0 Å². The van der Waals surface area contributed by atoms with E-state index in [0.717, 1.165) is 18.4 Å². The highest BCUT2D eigenvalue weighted by molar-refractivity contribution is 5.80. The van der Waals surface area contributed by atoms with Crippen LogP contribution in [0.25, 0.3) is 0 Å². The second kappa shape index (κ2) is 14.8. The average Bonchev–Trinajstić information content (AvgIpc) is 2.76. The molecular weight excluding hydrogens is 356 g/mol. The van der Waals surface area contributed by atoms with Crippen LogP contribution in [0.2, 0.25) is 0 Å². The van der Waals surface area contributed by atoms with Crippen molar-refractivity contribution < 1.29 is 9.53 Å². The third-order valence-electron chi connectivity index (χ3n) is 5.54. The van der Waals surface area contributed by atoms with Crippen molar-refractivity contribution in [1.29, 1.82) is 0 Å². The van der Waals surface area contributed by atoms with Gasteiger partial charge in [0.1, 0.15) is 5.75 Å². The van der Waals surface area contributed by atoms with Crippen LogP contribution in [0.1, 0.15) is 95.5 Å². The van der Waals surface area contributed by atoms with Crippen molar-refractivity contribution in [1.82, 2.24) is 0 Å². The Hall–Kier alpha value is -2.09. The molecule has 0 saturated heterocycles. The standard InChI is InChI=1S/C27H38O2/c1-2-3-4-5-6-7-8-9-10-11-18-23-26(24-19-14-12-15-20-24)27(28)29-25-21-16-13-17-22-25/h12-17,19-22,26H,2-11,18,23H2,1H3. The second-order valence-corrected chi connectivity index (χ2v) is 8.02. The first-order valence-corrected chi connectivity index (χ1v) is 11.6. The first-order valence-electron chi connectivity index (χ1n) is 11.6. The lowest BCUT2D eigenvalue weighted by Gasteiger charge is -2.16. The van der Waals surface area contributed by atoms with Gasteiger partial charge >= 0.3 is 5.97 Å². The van der Waals surface area contributed by atoms with Crippen molar-refractivity contribution in [3.8, 4) is 5.75 Å². The summed E-state index contributed by atoms with van der Waals surface area (Å²) >= 11 is 0. The number of carbonyl (C=O) groups excluding carboxylic acids is 1. The van der Waals surface area contributed by atoms with Gasteiger partial charge in [0, 0.05) is 0 Å². The number of ether oxygens (including phenoxy) is 1. The molecule has 0 bridgehead atoms. The van der Waals surface area contributed by atoms with E-state index in [9.17, 15) is 4.79 Å². The fraction of sp³-hybridized carbons (Fsp3) is 0.519. The molecule has 1 unspecified atom stereocenters. The molecule has 0 fully saturated rings. The first kappa shape index (κ1) is 23.2. The predicted molar refractivity (Wildman–Crippen MR) is 122 cm³/mol. The van der Waals surface area contributed by atoms with Crippen molar-refractivity contribution in [2.24, 2.45) is 0 Å². The fourth-order valence-corrected chi connectivity index (χ4v) is 3.79. The molecule has 0 aromatic heterocycles. The fourth-order valence-electron chi connectivity index (χ4n) is 3.79. The van der Waals surface area contributed by atoms with Crippen LogP contribution in [0.5, 0.6) is 5.75 Å². The zero-order chi connectivity index (χ0) is 20.6. The predicted octanol–water partition coefficient (Wildman–Crippen LogP) is 8.08. The summed E-state index contributed by atoms with van der Waals surface area (Å²) in [5.41, 5.74) is 1.06. The van der Waals surface area contributed by atoms with Gasteiger partial charge in [0.25, 0.3) is 0 Å². The quantitative estimate of drug-likeness (QED) is 0.173. The Bertz CT molecular complexity index is 651. The Labute approximate surface area is 177 Å². The van der Waals surface area contributed by atoms with Gasteiger partial charge in [-0.3, -0.25) is 4.79 Å². The summed E-state index contributed by atoms with van der Waals surface area (Å²) in [5.74, 6) is 0.293.